The zero-order valence-corrected chi connectivity index (χ0v) is 19.7. The Balaban J connectivity index is 1.39. The predicted octanol–water partition coefficient (Wildman–Crippen LogP) is 6.44. The lowest BCUT2D eigenvalue weighted by atomic mass is 10.0. The minimum absolute atomic E-state index is 0.0614. The van der Waals surface area contributed by atoms with Gasteiger partial charge in [-0.2, -0.15) is 0 Å². The van der Waals surface area contributed by atoms with E-state index in [1.165, 1.54) is 0 Å². The molecule has 0 aliphatic rings. The Kier molecular flexibility index (Phi) is 7.13. The summed E-state index contributed by atoms with van der Waals surface area (Å²) < 4.78 is 16.5. The summed E-state index contributed by atoms with van der Waals surface area (Å²) in [5.74, 6) is 6.35. The molecular formula is C30H24O5. The van der Waals surface area contributed by atoms with Crippen LogP contribution in [0.25, 0.3) is 10.8 Å². The molecule has 0 fully saturated rings. The standard InChI is InChI=1S/C30H24O5/c1-4-5-21-6-7-24-19-25(9-8-23(24)18-21)30(32)35-27-12-10-22(11-13-27)29(31)34-28-16-14-26(15-17-28)33-20(2)3/h6-20H,1-3H3. The largest absolute Gasteiger partial charge is 0.491 e. The van der Waals surface area contributed by atoms with Crippen molar-refractivity contribution in [3.8, 4) is 29.1 Å². The van der Waals surface area contributed by atoms with Gasteiger partial charge in [-0.1, -0.05) is 18.1 Å². The van der Waals surface area contributed by atoms with Gasteiger partial charge in [0, 0.05) is 5.56 Å². The lowest BCUT2D eigenvalue weighted by Gasteiger charge is -2.10. The molecule has 0 aliphatic heterocycles. The van der Waals surface area contributed by atoms with Gasteiger partial charge in [-0.15, -0.1) is 5.92 Å². The maximum absolute atomic E-state index is 12.6. The number of ether oxygens (including phenoxy) is 3. The summed E-state index contributed by atoms with van der Waals surface area (Å²) in [6.45, 7) is 5.67. The van der Waals surface area contributed by atoms with E-state index in [9.17, 15) is 9.59 Å². The monoisotopic (exact) mass is 464 g/mol. The first-order valence-electron chi connectivity index (χ1n) is 11.2. The van der Waals surface area contributed by atoms with Gasteiger partial charge in [-0.05, 0) is 104 Å². The van der Waals surface area contributed by atoms with E-state index in [0.29, 0.717) is 28.4 Å². The van der Waals surface area contributed by atoms with Crippen LogP contribution in [-0.4, -0.2) is 18.0 Å². The molecule has 174 valence electrons. The summed E-state index contributed by atoms with van der Waals surface area (Å²) in [6, 6.07) is 24.3. The number of carbonyl (C=O) groups is 2. The van der Waals surface area contributed by atoms with Gasteiger partial charge in [0.2, 0.25) is 0 Å². The highest BCUT2D eigenvalue weighted by Crippen LogP contribution is 2.22. The van der Waals surface area contributed by atoms with Crippen LogP contribution in [0.4, 0.5) is 0 Å². The van der Waals surface area contributed by atoms with Crippen LogP contribution in [0.2, 0.25) is 0 Å². The highest BCUT2D eigenvalue weighted by molar-refractivity contribution is 5.97. The fraction of sp³-hybridized carbons (Fsp3) is 0.133. The SMILES string of the molecule is CC#Cc1ccc2cc(C(=O)Oc3ccc(C(=O)Oc4ccc(OC(C)C)cc4)cc3)ccc2c1. The van der Waals surface area contributed by atoms with Gasteiger partial charge in [0.05, 0.1) is 17.2 Å². The molecule has 0 atom stereocenters. The van der Waals surface area contributed by atoms with Crippen molar-refractivity contribution in [2.45, 2.75) is 26.9 Å². The van der Waals surface area contributed by atoms with Gasteiger partial charge in [0.1, 0.15) is 17.2 Å². The Morgan fingerprint density at radius 1 is 0.657 bits per heavy atom. The third kappa shape index (κ3) is 6.07. The van der Waals surface area contributed by atoms with Crippen molar-refractivity contribution in [3.63, 3.8) is 0 Å². The van der Waals surface area contributed by atoms with Crippen molar-refractivity contribution in [1.29, 1.82) is 0 Å². The average molecular weight is 465 g/mol. The van der Waals surface area contributed by atoms with Gasteiger partial charge in [-0.3, -0.25) is 0 Å². The summed E-state index contributed by atoms with van der Waals surface area (Å²) >= 11 is 0. The van der Waals surface area contributed by atoms with E-state index < -0.39 is 11.9 Å². The molecule has 0 saturated carbocycles. The van der Waals surface area contributed by atoms with Gasteiger partial charge in [0.25, 0.3) is 0 Å². The Bertz CT molecular complexity index is 1420. The minimum Gasteiger partial charge on any atom is -0.491 e. The molecule has 4 aromatic carbocycles. The van der Waals surface area contributed by atoms with Crippen LogP contribution in [0.3, 0.4) is 0 Å². The first kappa shape index (κ1) is 23.6. The van der Waals surface area contributed by atoms with Crippen molar-refractivity contribution in [1.82, 2.24) is 0 Å². The van der Waals surface area contributed by atoms with Crippen molar-refractivity contribution < 1.29 is 23.8 Å². The second-order valence-electron chi connectivity index (χ2n) is 8.09. The zero-order chi connectivity index (χ0) is 24.8. The number of fused-ring (bicyclic) bond motifs is 1. The molecule has 0 heterocycles. The molecule has 5 heteroatoms. The van der Waals surface area contributed by atoms with Gasteiger partial charge in [0.15, 0.2) is 0 Å². The van der Waals surface area contributed by atoms with E-state index >= 15 is 0 Å². The Labute approximate surface area is 204 Å². The van der Waals surface area contributed by atoms with Crippen LogP contribution in [0.1, 0.15) is 47.1 Å². The van der Waals surface area contributed by atoms with Crippen molar-refractivity contribution in [3.05, 3.63) is 102 Å². The van der Waals surface area contributed by atoms with E-state index in [2.05, 4.69) is 11.8 Å². The number of carbonyl (C=O) groups excluding carboxylic acids is 2. The molecule has 4 aromatic rings. The van der Waals surface area contributed by atoms with E-state index in [1.54, 1.807) is 67.6 Å². The molecule has 0 radical (unpaired) electrons. The number of hydrogen-bond acceptors (Lipinski definition) is 5. The normalized spacial score (nSPS) is 10.4. The Hall–Kier alpha value is -4.56. The molecule has 0 unspecified atom stereocenters. The fourth-order valence-electron chi connectivity index (χ4n) is 3.44. The molecule has 0 spiro atoms. The lowest BCUT2D eigenvalue weighted by Crippen LogP contribution is -2.10. The van der Waals surface area contributed by atoms with E-state index in [1.807, 2.05) is 38.1 Å². The first-order chi connectivity index (χ1) is 16.9. The molecule has 0 saturated heterocycles. The molecule has 0 bridgehead atoms. The van der Waals surface area contributed by atoms with Gasteiger partial charge in [-0.25, -0.2) is 9.59 Å². The molecule has 0 amide bonds. The third-order valence-electron chi connectivity index (χ3n) is 5.05. The summed E-state index contributed by atoms with van der Waals surface area (Å²) in [4.78, 5) is 25.1. The van der Waals surface area contributed by atoms with Crippen LogP contribution in [0, 0.1) is 11.8 Å². The van der Waals surface area contributed by atoms with Crippen molar-refractivity contribution >= 4 is 22.7 Å². The Morgan fingerprint density at radius 3 is 1.80 bits per heavy atom. The van der Waals surface area contributed by atoms with Gasteiger partial charge < -0.3 is 14.2 Å². The summed E-state index contributed by atoms with van der Waals surface area (Å²) in [5.41, 5.74) is 1.69. The molecule has 0 aliphatic carbocycles. The van der Waals surface area contributed by atoms with Crippen LogP contribution >= 0.6 is 0 Å². The number of hydrogen-bond donors (Lipinski definition) is 0. The maximum Gasteiger partial charge on any atom is 0.343 e. The van der Waals surface area contributed by atoms with E-state index in [0.717, 1.165) is 16.3 Å². The van der Waals surface area contributed by atoms with Crippen LogP contribution < -0.4 is 14.2 Å². The van der Waals surface area contributed by atoms with Crippen LogP contribution in [0.15, 0.2) is 84.9 Å². The van der Waals surface area contributed by atoms with Crippen LogP contribution in [0.5, 0.6) is 17.2 Å². The second-order valence-corrected chi connectivity index (χ2v) is 8.09. The summed E-state index contributed by atoms with van der Waals surface area (Å²) in [7, 11) is 0. The minimum atomic E-state index is -0.512. The van der Waals surface area contributed by atoms with Crippen molar-refractivity contribution in [2.75, 3.05) is 0 Å². The summed E-state index contributed by atoms with van der Waals surface area (Å²) in [5, 5.41) is 1.91. The first-order valence-corrected chi connectivity index (χ1v) is 11.2. The molecule has 0 aromatic heterocycles. The maximum atomic E-state index is 12.6. The Morgan fingerprint density at radius 2 is 1.17 bits per heavy atom. The third-order valence-corrected chi connectivity index (χ3v) is 5.05. The molecule has 35 heavy (non-hydrogen) atoms. The summed E-state index contributed by atoms with van der Waals surface area (Å²) in [6.07, 6.45) is 0.0614. The quantitative estimate of drug-likeness (QED) is 0.187. The molecular weight excluding hydrogens is 440 g/mol. The predicted molar refractivity (Wildman–Crippen MR) is 135 cm³/mol. The molecule has 5 nitrogen and oxygen atoms in total. The smallest absolute Gasteiger partial charge is 0.343 e. The lowest BCUT2D eigenvalue weighted by molar-refractivity contribution is 0.0730. The van der Waals surface area contributed by atoms with E-state index in [-0.39, 0.29) is 6.10 Å². The number of benzene rings is 4. The van der Waals surface area contributed by atoms with Gasteiger partial charge >= 0.3 is 11.9 Å². The van der Waals surface area contributed by atoms with Crippen molar-refractivity contribution in [2.24, 2.45) is 0 Å². The highest BCUT2D eigenvalue weighted by atomic mass is 16.5. The van der Waals surface area contributed by atoms with Crippen LogP contribution in [-0.2, 0) is 0 Å². The molecule has 0 N–H and O–H groups in total. The van der Waals surface area contributed by atoms with E-state index in [4.69, 9.17) is 14.2 Å². The number of rotatable bonds is 6. The average Bonchev–Trinajstić information content (AvgIpc) is 2.85. The molecule has 4 rings (SSSR count). The fourth-order valence-corrected chi connectivity index (χ4v) is 3.44. The highest BCUT2D eigenvalue weighted by Gasteiger charge is 2.12. The zero-order valence-electron chi connectivity index (χ0n) is 19.7. The number of esters is 2. The topological polar surface area (TPSA) is 61.8 Å². The second kappa shape index (κ2) is 10.6.